The van der Waals surface area contributed by atoms with Gasteiger partial charge in [0.2, 0.25) is 5.88 Å². The van der Waals surface area contributed by atoms with Gasteiger partial charge in [-0.05, 0) is 54.3 Å². The van der Waals surface area contributed by atoms with E-state index in [1.165, 1.54) is 0 Å². The van der Waals surface area contributed by atoms with Gasteiger partial charge in [-0.25, -0.2) is 9.99 Å². The van der Waals surface area contributed by atoms with Gasteiger partial charge in [-0.1, -0.05) is 24.3 Å². The van der Waals surface area contributed by atoms with Crippen molar-refractivity contribution in [2.45, 2.75) is 13.0 Å². The van der Waals surface area contributed by atoms with Crippen molar-refractivity contribution in [3.05, 3.63) is 82.3 Å². The Morgan fingerprint density at radius 2 is 1.89 bits per heavy atom. The second-order valence-electron chi connectivity index (χ2n) is 7.87. The molecule has 0 radical (unpaired) electrons. The van der Waals surface area contributed by atoms with Crippen molar-refractivity contribution < 1.29 is 19.0 Å². The van der Waals surface area contributed by atoms with Gasteiger partial charge in [0.15, 0.2) is 18.1 Å². The number of benzene rings is 2. The Labute approximate surface area is 206 Å². The summed E-state index contributed by atoms with van der Waals surface area (Å²) in [5.74, 6) is 1.93. The van der Waals surface area contributed by atoms with E-state index >= 15 is 0 Å². The summed E-state index contributed by atoms with van der Waals surface area (Å²) in [6.07, 6.45) is 2.02. The van der Waals surface area contributed by atoms with E-state index in [0.29, 0.717) is 23.2 Å². The molecule has 2 aromatic carbocycles. The monoisotopic (exact) mass is 488 g/mol. The van der Waals surface area contributed by atoms with E-state index in [2.05, 4.69) is 15.4 Å². The maximum absolute atomic E-state index is 13.4. The number of amides is 1. The summed E-state index contributed by atoms with van der Waals surface area (Å²) in [6, 6.07) is 16.8. The predicted octanol–water partition coefficient (Wildman–Crippen LogP) is 4.52. The molecular weight excluding hydrogens is 464 g/mol. The normalized spacial score (nSPS) is 15.0. The summed E-state index contributed by atoms with van der Waals surface area (Å²) >= 11 is 1.60. The third-order valence-corrected chi connectivity index (χ3v) is 6.56. The molecule has 0 aliphatic carbocycles. The van der Waals surface area contributed by atoms with Gasteiger partial charge in [-0.3, -0.25) is 10.2 Å². The van der Waals surface area contributed by atoms with E-state index in [9.17, 15) is 4.79 Å². The number of fused-ring (bicyclic) bond motifs is 1. The van der Waals surface area contributed by atoms with E-state index in [1.807, 2.05) is 66.1 Å². The van der Waals surface area contributed by atoms with Gasteiger partial charge in [0.1, 0.15) is 5.82 Å². The number of para-hydroxylation sites is 1. The molecular formula is C26H24N4O4S. The molecule has 0 fully saturated rings. The Kier molecular flexibility index (Phi) is 6.24. The zero-order valence-corrected chi connectivity index (χ0v) is 20.3. The van der Waals surface area contributed by atoms with Crippen molar-refractivity contribution in [1.29, 1.82) is 0 Å². The summed E-state index contributed by atoms with van der Waals surface area (Å²) < 4.78 is 16.8. The lowest BCUT2D eigenvalue weighted by Crippen LogP contribution is -2.42. The van der Waals surface area contributed by atoms with Gasteiger partial charge in [0.25, 0.3) is 5.91 Å². The zero-order valence-electron chi connectivity index (χ0n) is 19.5. The number of aromatic nitrogens is 2. The fourth-order valence-corrected chi connectivity index (χ4v) is 4.71. The van der Waals surface area contributed by atoms with Crippen molar-refractivity contribution >= 4 is 33.8 Å². The first-order valence-corrected chi connectivity index (χ1v) is 11.9. The largest absolute Gasteiger partial charge is 0.493 e. The van der Waals surface area contributed by atoms with Crippen molar-refractivity contribution in [3.63, 3.8) is 0 Å². The van der Waals surface area contributed by atoms with Gasteiger partial charge in [-0.15, -0.1) is 11.3 Å². The van der Waals surface area contributed by atoms with Crippen molar-refractivity contribution in [2.24, 2.45) is 0 Å². The number of rotatable bonds is 7. The van der Waals surface area contributed by atoms with E-state index < -0.39 is 0 Å². The fourth-order valence-electron chi connectivity index (χ4n) is 4.01. The first kappa shape index (κ1) is 22.7. The van der Waals surface area contributed by atoms with Gasteiger partial charge in [-0.2, -0.15) is 4.98 Å². The number of nitrogens with zero attached hydrogens (tertiary/aromatic N) is 3. The minimum Gasteiger partial charge on any atom is -0.493 e. The Morgan fingerprint density at radius 1 is 1.06 bits per heavy atom. The molecule has 0 bridgehead atoms. The number of methoxy groups -OCH3 is 2. The highest BCUT2D eigenvalue weighted by Crippen LogP contribution is 2.37. The molecule has 1 amide bonds. The third kappa shape index (κ3) is 4.50. The number of hydrogen-bond acceptors (Lipinski definition) is 8. The number of thiophene rings is 1. The molecule has 178 valence electrons. The minimum absolute atomic E-state index is 0.192. The van der Waals surface area contributed by atoms with Gasteiger partial charge >= 0.3 is 0 Å². The molecule has 4 aromatic rings. The average molecular weight is 489 g/mol. The van der Waals surface area contributed by atoms with Crippen molar-refractivity contribution in [3.8, 4) is 17.4 Å². The van der Waals surface area contributed by atoms with Crippen molar-refractivity contribution in [1.82, 2.24) is 20.4 Å². The molecule has 9 heteroatoms. The first-order valence-electron chi connectivity index (χ1n) is 11.0. The maximum Gasteiger partial charge on any atom is 0.279 e. The molecule has 2 aromatic heterocycles. The molecule has 0 saturated carbocycles. The Balaban J connectivity index is 1.43. The van der Waals surface area contributed by atoms with Gasteiger partial charge in [0.05, 0.1) is 41.7 Å². The molecule has 0 saturated heterocycles. The Morgan fingerprint density at radius 3 is 2.66 bits per heavy atom. The third-order valence-electron chi connectivity index (χ3n) is 5.66. The molecule has 8 nitrogen and oxygen atoms in total. The second kappa shape index (κ2) is 9.63. The quantitative estimate of drug-likeness (QED) is 0.409. The Bertz CT molecular complexity index is 1400. The number of ether oxygens (including phenoxy) is 3. The predicted molar refractivity (Wildman–Crippen MR) is 134 cm³/mol. The maximum atomic E-state index is 13.4. The zero-order chi connectivity index (χ0) is 24.4. The van der Waals surface area contributed by atoms with Crippen LogP contribution in [0.4, 0.5) is 0 Å². The van der Waals surface area contributed by atoms with Gasteiger partial charge < -0.3 is 14.2 Å². The molecule has 1 N–H and O–H groups in total. The molecule has 1 atom stereocenters. The topological polar surface area (TPSA) is 85.8 Å². The van der Waals surface area contributed by atoms with Gasteiger partial charge in [0, 0.05) is 0 Å². The summed E-state index contributed by atoms with van der Waals surface area (Å²) in [6.45, 7) is 1.61. The fraction of sp³-hybridized carbons (Fsp3) is 0.192. The minimum atomic E-state index is -0.369. The van der Waals surface area contributed by atoms with Crippen LogP contribution < -0.4 is 19.6 Å². The molecule has 1 aliphatic heterocycles. The smallest absolute Gasteiger partial charge is 0.279 e. The van der Waals surface area contributed by atoms with Crippen LogP contribution in [0, 0.1) is 6.92 Å². The second-order valence-corrected chi connectivity index (χ2v) is 8.82. The van der Waals surface area contributed by atoms with Crippen LogP contribution in [0.3, 0.4) is 0 Å². The number of carbonyl (C=O) groups is 1. The first-order chi connectivity index (χ1) is 17.1. The summed E-state index contributed by atoms with van der Waals surface area (Å²) in [7, 11) is 3.18. The number of nitrogens with one attached hydrogen (secondary N) is 1. The summed E-state index contributed by atoms with van der Waals surface area (Å²) in [5, 5.41) is 4.33. The number of hydrazine groups is 1. The highest BCUT2D eigenvalue weighted by Gasteiger charge is 2.32. The molecule has 5 rings (SSSR count). The van der Waals surface area contributed by atoms with Crippen LogP contribution in [0.25, 0.3) is 16.6 Å². The van der Waals surface area contributed by atoms with Crippen LogP contribution >= 0.6 is 11.3 Å². The lowest BCUT2D eigenvalue weighted by molar-refractivity contribution is -0.136. The molecule has 0 unspecified atom stereocenters. The van der Waals surface area contributed by atoms with Crippen molar-refractivity contribution in [2.75, 3.05) is 20.8 Å². The van der Waals surface area contributed by atoms with E-state index in [4.69, 9.17) is 14.2 Å². The molecule has 0 spiro atoms. The number of carbonyl (C=O) groups excluding carboxylic acids is 1. The SMILES string of the molecule is COc1ccc([C@H]2C=C(c3cccs3)NN2C(=O)COc2nc(C)nc3ccccc23)cc1OC. The van der Waals surface area contributed by atoms with Crippen LogP contribution in [0.2, 0.25) is 0 Å². The Hall–Kier alpha value is -4.11. The summed E-state index contributed by atoms with van der Waals surface area (Å²) in [5.41, 5.74) is 5.76. The van der Waals surface area contributed by atoms with E-state index in [1.54, 1.807) is 37.5 Å². The lowest BCUT2D eigenvalue weighted by Gasteiger charge is -2.26. The van der Waals surface area contributed by atoms with Crippen LogP contribution in [0.5, 0.6) is 17.4 Å². The standard InChI is InChI=1S/C26H24N4O4S/c1-16-27-19-8-5-4-7-18(19)26(28-16)34-15-25(31)30-21(14-20(29-30)24-9-6-12-35-24)17-10-11-22(32-2)23(13-17)33-3/h4-14,21,29H,15H2,1-3H3/t21-/m1/s1. The van der Waals surface area contributed by atoms with Crippen LogP contribution in [-0.4, -0.2) is 41.7 Å². The van der Waals surface area contributed by atoms with Crippen LogP contribution in [-0.2, 0) is 4.79 Å². The van der Waals surface area contributed by atoms with Crippen LogP contribution in [0.15, 0.2) is 66.1 Å². The average Bonchev–Trinajstić information content (AvgIpc) is 3.57. The summed E-state index contributed by atoms with van der Waals surface area (Å²) in [4.78, 5) is 23.3. The molecule has 1 aliphatic rings. The molecule has 3 heterocycles. The van der Waals surface area contributed by atoms with E-state index in [-0.39, 0.29) is 18.6 Å². The highest BCUT2D eigenvalue weighted by atomic mass is 32.1. The molecule has 35 heavy (non-hydrogen) atoms. The number of aryl methyl sites for hydroxylation is 1. The number of hydrogen-bond donors (Lipinski definition) is 1. The van der Waals surface area contributed by atoms with E-state index in [0.717, 1.165) is 27.0 Å². The van der Waals surface area contributed by atoms with Crippen LogP contribution in [0.1, 0.15) is 22.3 Å². The lowest BCUT2D eigenvalue weighted by atomic mass is 10.0. The highest BCUT2D eigenvalue weighted by molar-refractivity contribution is 7.11.